The Hall–Kier alpha value is -2.04. The summed E-state index contributed by atoms with van der Waals surface area (Å²) in [6.07, 6.45) is 5.58. The number of fused-ring (bicyclic) bond motifs is 3. The number of hydrogen-bond acceptors (Lipinski definition) is 4. The lowest BCUT2D eigenvalue weighted by atomic mass is 9.39. The van der Waals surface area contributed by atoms with E-state index in [4.69, 9.17) is 4.74 Å². The van der Waals surface area contributed by atoms with E-state index < -0.39 is 5.54 Å². The Morgan fingerprint density at radius 1 is 1.27 bits per heavy atom. The number of esters is 1. The molecule has 5 atom stereocenters. The van der Waals surface area contributed by atoms with E-state index in [2.05, 4.69) is 28.4 Å². The summed E-state index contributed by atoms with van der Waals surface area (Å²) in [5, 5.41) is 3.79. The molecule has 1 amide bonds. The first-order valence-corrected chi connectivity index (χ1v) is 9.83. The van der Waals surface area contributed by atoms with E-state index in [1.807, 2.05) is 6.07 Å². The molecule has 2 saturated heterocycles. The first kappa shape index (κ1) is 15.1. The molecule has 0 unspecified atom stereocenters. The van der Waals surface area contributed by atoms with Crippen LogP contribution in [-0.2, 0) is 19.7 Å². The number of amides is 1. The Kier molecular flexibility index (Phi) is 2.57. The number of nitrogens with zero attached hydrogens (tertiary/aromatic N) is 1. The highest BCUT2D eigenvalue weighted by molar-refractivity contribution is 5.89. The van der Waals surface area contributed by atoms with Crippen molar-refractivity contribution in [2.24, 2.45) is 11.3 Å². The van der Waals surface area contributed by atoms with E-state index in [0.717, 1.165) is 44.3 Å². The molecule has 3 aliphatic carbocycles. The fraction of sp³-hybridized carbons (Fsp3) is 0.619. The molecule has 26 heavy (non-hydrogen) atoms. The predicted molar refractivity (Wildman–Crippen MR) is 95.6 cm³/mol. The molecule has 0 aromatic heterocycles. The third-order valence-corrected chi connectivity index (χ3v) is 8.45. The summed E-state index contributed by atoms with van der Waals surface area (Å²) in [6, 6.07) is 8.64. The number of methoxy groups -OCH3 is 1. The minimum atomic E-state index is -0.391. The van der Waals surface area contributed by atoms with Gasteiger partial charge in [-0.25, -0.2) is 0 Å². The van der Waals surface area contributed by atoms with Crippen LogP contribution in [0, 0.1) is 11.3 Å². The molecule has 2 bridgehead atoms. The molecule has 7 rings (SSSR count). The highest BCUT2D eigenvalue weighted by Gasteiger charge is 2.80. The molecular formula is C21H24N2O3. The lowest BCUT2D eigenvalue weighted by molar-refractivity contribution is -0.172. The van der Waals surface area contributed by atoms with Gasteiger partial charge in [-0.1, -0.05) is 18.2 Å². The molecule has 1 aromatic carbocycles. The summed E-state index contributed by atoms with van der Waals surface area (Å²) in [5.41, 5.74) is 1.73. The Bertz CT molecular complexity index is 853. The number of carbonyl (C=O) groups is 2. The molecule has 0 radical (unpaired) electrons. The van der Waals surface area contributed by atoms with Gasteiger partial charge in [0.1, 0.15) is 0 Å². The van der Waals surface area contributed by atoms with Crippen LogP contribution in [0.25, 0.3) is 0 Å². The van der Waals surface area contributed by atoms with Crippen LogP contribution < -0.4 is 5.32 Å². The van der Waals surface area contributed by atoms with Crippen molar-refractivity contribution < 1.29 is 14.3 Å². The number of rotatable bonds is 1. The van der Waals surface area contributed by atoms with Gasteiger partial charge in [-0.3, -0.25) is 9.59 Å². The van der Waals surface area contributed by atoms with Crippen LogP contribution in [0.5, 0.6) is 0 Å². The van der Waals surface area contributed by atoms with Gasteiger partial charge < -0.3 is 15.0 Å². The summed E-state index contributed by atoms with van der Waals surface area (Å²) in [5.74, 6) is -0.0243. The van der Waals surface area contributed by atoms with Crippen molar-refractivity contribution in [3.05, 3.63) is 29.8 Å². The number of piperidine rings is 1. The van der Waals surface area contributed by atoms with Gasteiger partial charge in [0.05, 0.1) is 24.0 Å². The van der Waals surface area contributed by atoms with Gasteiger partial charge >= 0.3 is 5.97 Å². The molecule has 1 N–H and O–H groups in total. The molecule has 3 saturated carbocycles. The zero-order chi connectivity index (χ0) is 17.7. The maximum absolute atomic E-state index is 13.1. The van der Waals surface area contributed by atoms with Crippen molar-refractivity contribution in [2.75, 3.05) is 19.0 Å². The molecule has 1 aromatic rings. The highest BCUT2D eigenvalue weighted by atomic mass is 16.5. The molecular weight excluding hydrogens is 328 g/mol. The van der Waals surface area contributed by atoms with Gasteiger partial charge in [-0.2, -0.15) is 0 Å². The van der Waals surface area contributed by atoms with Gasteiger partial charge in [-0.15, -0.1) is 0 Å². The van der Waals surface area contributed by atoms with E-state index in [9.17, 15) is 9.59 Å². The van der Waals surface area contributed by atoms with Crippen molar-refractivity contribution in [3.8, 4) is 0 Å². The van der Waals surface area contributed by atoms with E-state index >= 15 is 0 Å². The number of ether oxygens (including phenoxy) is 1. The molecule has 3 heterocycles. The Morgan fingerprint density at radius 2 is 2.12 bits per heavy atom. The van der Waals surface area contributed by atoms with Gasteiger partial charge in [0.15, 0.2) is 0 Å². The highest BCUT2D eigenvalue weighted by Crippen LogP contribution is 2.74. The SMILES string of the molecule is COC(=O)[C@H]1C[C@]23CCCN4C(=O)C[C@]5(c6ccccc6N[C@@]15CC2)[C@H]43. The number of hydrogen-bond donors (Lipinski definition) is 1. The van der Waals surface area contributed by atoms with Crippen LogP contribution >= 0.6 is 0 Å². The third-order valence-electron chi connectivity index (χ3n) is 8.45. The van der Waals surface area contributed by atoms with Crippen LogP contribution in [0.15, 0.2) is 24.3 Å². The monoisotopic (exact) mass is 352 g/mol. The summed E-state index contributed by atoms with van der Waals surface area (Å²) in [6.45, 7) is 0.869. The van der Waals surface area contributed by atoms with E-state index in [0.29, 0.717) is 6.42 Å². The van der Waals surface area contributed by atoms with Crippen LogP contribution in [0.3, 0.4) is 0 Å². The third kappa shape index (κ3) is 1.34. The lowest BCUT2D eigenvalue weighted by Crippen LogP contribution is -2.76. The maximum Gasteiger partial charge on any atom is 0.311 e. The first-order chi connectivity index (χ1) is 12.6. The van der Waals surface area contributed by atoms with Crippen molar-refractivity contribution in [2.45, 2.75) is 55.5 Å². The van der Waals surface area contributed by atoms with E-state index in [1.165, 1.54) is 12.7 Å². The van der Waals surface area contributed by atoms with Crippen LogP contribution in [-0.4, -0.2) is 42.0 Å². The molecule has 5 nitrogen and oxygen atoms in total. The number of nitrogens with one attached hydrogen (secondary N) is 1. The summed E-state index contributed by atoms with van der Waals surface area (Å²) in [7, 11) is 1.50. The largest absolute Gasteiger partial charge is 0.469 e. The Labute approximate surface area is 153 Å². The topological polar surface area (TPSA) is 58.6 Å². The fourth-order valence-corrected chi connectivity index (χ4v) is 7.80. The normalized spacial score (nSPS) is 44.2. The van der Waals surface area contributed by atoms with Gasteiger partial charge in [-0.05, 0) is 49.1 Å². The second-order valence-corrected chi connectivity index (χ2v) is 9.03. The molecule has 5 heteroatoms. The second-order valence-electron chi connectivity index (χ2n) is 9.03. The molecule has 136 valence electrons. The van der Waals surface area contributed by atoms with Crippen LogP contribution in [0.1, 0.15) is 44.1 Å². The number of benzene rings is 1. The molecule has 5 fully saturated rings. The zero-order valence-corrected chi connectivity index (χ0v) is 15.1. The number of anilines is 1. The van der Waals surface area contributed by atoms with Gasteiger partial charge in [0, 0.05) is 24.7 Å². The number of para-hydroxylation sites is 1. The van der Waals surface area contributed by atoms with E-state index in [1.54, 1.807) is 0 Å². The Morgan fingerprint density at radius 3 is 2.96 bits per heavy atom. The van der Waals surface area contributed by atoms with Crippen molar-refractivity contribution in [3.63, 3.8) is 0 Å². The second kappa shape index (κ2) is 4.44. The standard InChI is InChI=1S/C21H24N2O3/c1-26-17(25)14-11-19-7-4-10-23-16(24)12-20(18(19)23)13-5-2-3-6-15(13)22-21(14,20)9-8-19/h2-3,5-6,14,18,22H,4,7-12H2,1H3/t14-,18-,19+,20+,21+/m1/s1. The minimum Gasteiger partial charge on any atom is -0.469 e. The average Bonchev–Trinajstić information content (AvgIpc) is 3.14. The number of carbonyl (C=O) groups excluding carboxylic acids is 2. The Balaban J connectivity index is 1.67. The fourth-order valence-electron chi connectivity index (χ4n) is 7.80. The van der Waals surface area contributed by atoms with Gasteiger partial charge in [0.25, 0.3) is 0 Å². The van der Waals surface area contributed by atoms with Crippen molar-refractivity contribution in [1.82, 2.24) is 4.90 Å². The zero-order valence-electron chi connectivity index (χ0n) is 15.1. The van der Waals surface area contributed by atoms with Gasteiger partial charge in [0.2, 0.25) is 5.91 Å². The average molecular weight is 352 g/mol. The predicted octanol–water partition coefficient (Wildman–Crippen LogP) is 2.46. The minimum absolute atomic E-state index is 0.0597. The maximum atomic E-state index is 13.1. The van der Waals surface area contributed by atoms with Crippen LogP contribution in [0.2, 0.25) is 0 Å². The summed E-state index contributed by atoms with van der Waals surface area (Å²) < 4.78 is 5.27. The van der Waals surface area contributed by atoms with Crippen molar-refractivity contribution in [1.29, 1.82) is 0 Å². The first-order valence-electron chi connectivity index (χ1n) is 9.83. The van der Waals surface area contributed by atoms with Crippen molar-refractivity contribution >= 4 is 17.6 Å². The summed E-state index contributed by atoms with van der Waals surface area (Å²) >= 11 is 0. The quantitative estimate of drug-likeness (QED) is 0.789. The molecule has 3 aliphatic heterocycles. The molecule has 6 aliphatic rings. The lowest BCUT2D eigenvalue weighted by Gasteiger charge is -2.68. The van der Waals surface area contributed by atoms with E-state index in [-0.39, 0.29) is 34.7 Å². The summed E-state index contributed by atoms with van der Waals surface area (Å²) in [4.78, 5) is 28.2. The smallest absolute Gasteiger partial charge is 0.311 e. The molecule has 3 spiro atoms. The van der Waals surface area contributed by atoms with Crippen LogP contribution in [0.4, 0.5) is 5.69 Å².